The Labute approximate surface area is 135 Å². The second-order valence-electron chi connectivity index (χ2n) is 4.26. The second kappa shape index (κ2) is 6.50. The standard InChI is InChI=1S/C15H10Cl2F2O3/c1-21-13-3-7(9(16)5-11(13)18)15(20)8-4-14(22-2)12(19)6-10(8)17/h3-6H,1-2H3. The highest BCUT2D eigenvalue weighted by molar-refractivity contribution is 6.38. The summed E-state index contributed by atoms with van der Waals surface area (Å²) in [6, 6.07) is 4.24. The molecule has 0 atom stereocenters. The van der Waals surface area contributed by atoms with Crippen LogP contribution < -0.4 is 9.47 Å². The van der Waals surface area contributed by atoms with Crippen LogP contribution in [0.2, 0.25) is 10.0 Å². The van der Waals surface area contributed by atoms with Crippen molar-refractivity contribution in [1.82, 2.24) is 0 Å². The van der Waals surface area contributed by atoms with Gasteiger partial charge < -0.3 is 9.47 Å². The van der Waals surface area contributed by atoms with Gasteiger partial charge in [-0.2, -0.15) is 0 Å². The highest BCUT2D eigenvalue weighted by Gasteiger charge is 2.21. The summed E-state index contributed by atoms with van der Waals surface area (Å²) in [6.07, 6.45) is 0. The molecule has 0 aliphatic carbocycles. The zero-order chi connectivity index (χ0) is 16.4. The molecule has 2 rings (SSSR count). The topological polar surface area (TPSA) is 35.5 Å². The molecule has 0 aliphatic heterocycles. The van der Waals surface area contributed by atoms with Crippen molar-refractivity contribution in [3.8, 4) is 11.5 Å². The van der Waals surface area contributed by atoms with Gasteiger partial charge in [-0.15, -0.1) is 0 Å². The predicted molar refractivity (Wildman–Crippen MR) is 79.4 cm³/mol. The van der Waals surface area contributed by atoms with Crippen LogP contribution in [0.4, 0.5) is 8.78 Å². The van der Waals surface area contributed by atoms with Crippen LogP contribution >= 0.6 is 23.2 Å². The van der Waals surface area contributed by atoms with Gasteiger partial charge in [-0.25, -0.2) is 8.78 Å². The summed E-state index contributed by atoms with van der Waals surface area (Å²) in [4.78, 5) is 12.5. The van der Waals surface area contributed by atoms with E-state index >= 15 is 0 Å². The van der Waals surface area contributed by atoms with E-state index in [-0.39, 0.29) is 32.7 Å². The fourth-order valence-electron chi connectivity index (χ4n) is 1.86. The number of carbonyl (C=O) groups excluding carboxylic acids is 1. The van der Waals surface area contributed by atoms with E-state index in [0.29, 0.717) is 0 Å². The van der Waals surface area contributed by atoms with Gasteiger partial charge in [-0.05, 0) is 24.3 Å². The van der Waals surface area contributed by atoms with Crippen molar-refractivity contribution in [3.63, 3.8) is 0 Å². The van der Waals surface area contributed by atoms with E-state index in [2.05, 4.69) is 0 Å². The number of rotatable bonds is 4. The minimum Gasteiger partial charge on any atom is -0.494 e. The first-order valence-corrected chi connectivity index (χ1v) is 6.75. The minimum absolute atomic E-state index is 0.0181. The van der Waals surface area contributed by atoms with Gasteiger partial charge in [0.2, 0.25) is 0 Å². The van der Waals surface area contributed by atoms with Crippen LogP contribution in [-0.4, -0.2) is 20.0 Å². The minimum atomic E-state index is -0.702. The lowest BCUT2D eigenvalue weighted by Gasteiger charge is -2.10. The van der Waals surface area contributed by atoms with Crippen LogP contribution in [0.15, 0.2) is 24.3 Å². The van der Waals surface area contributed by atoms with Crippen molar-refractivity contribution in [1.29, 1.82) is 0 Å². The largest absolute Gasteiger partial charge is 0.494 e. The number of hydrogen-bond donors (Lipinski definition) is 0. The molecule has 0 amide bonds. The molecule has 2 aromatic carbocycles. The van der Waals surface area contributed by atoms with Gasteiger partial charge in [-0.1, -0.05) is 23.2 Å². The number of carbonyl (C=O) groups is 1. The smallest absolute Gasteiger partial charge is 0.196 e. The molecule has 0 saturated heterocycles. The predicted octanol–water partition coefficient (Wildman–Crippen LogP) is 4.52. The van der Waals surface area contributed by atoms with E-state index in [0.717, 1.165) is 24.3 Å². The van der Waals surface area contributed by atoms with Crippen LogP contribution in [0.25, 0.3) is 0 Å². The number of methoxy groups -OCH3 is 2. The maximum absolute atomic E-state index is 13.5. The lowest BCUT2D eigenvalue weighted by atomic mass is 10.0. The third kappa shape index (κ3) is 3.00. The van der Waals surface area contributed by atoms with Crippen LogP contribution in [0, 0.1) is 11.6 Å². The number of benzene rings is 2. The molecule has 3 nitrogen and oxygen atoms in total. The van der Waals surface area contributed by atoms with Crippen molar-refractivity contribution >= 4 is 29.0 Å². The highest BCUT2D eigenvalue weighted by atomic mass is 35.5. The van der Waals surface area contributed by atoms with E-state index in [1.165, 1.54) is 14.2 Å². The molecule has 2 aromatic rings. The molecule has 0 bridgehead atoms. The van der Waals surface area contributed by atoms with Crippen molar-refractivity contribution in [2.75, 3.05) is 14.2 Å². The molecule has 116 valence electrons. The van der Waals surface area contributed by atoms with Gasteiger partial charge in [-0.3, -0.25) is 4.79 Å². The van der Waals surface area contributed by atoms with Crippen molar-refractivity contribution < 1.29 is 23.0 Å². The maximum atomic E-state index is 13.5. The summed E-state index contributed by atoms with van der Waals surface area (Å²) in [5.74, 6) is -2.29. The van der Waals surface area contributed by atoms with E-state index in [1.54, 1.807) is 0 Å². The van der Waals surface area contributed by atoms with Gasteiger partial charge in [0.05, 0.1) is 24.3 Å². The van der Waals surface area contributed by atoms with Crippen LogP contribution in [0.3, 0.4) is 0 Å². The molecule has 0 fully saturated rings. The average Bonchev–Trinajstić information content (AvgIpc) is 2.47. The monoisotopic (exact) mass is 346 g/mol. The normalized spacial score (nSPS) is 10.5. The zero-order valence-corrected chi connectivity index (χ0v) is 13.1. The van der Waals surface area contributed by atoms with E-state index in [9.17, 15) is 13.6 Å². The quantitative estimate of drug-likeness (QED) is 0.763. The number of halogens is 4. The molecule has 0 spiro atoms. The Morgan fingerprint density at radius 2 is 1.23 bits per heavy atom. The van der Waals surface area contributed by atoms with Crippen LogP contribution in [-0.2, 0) is 0 Å². The first-order valence-electron chi connectivity index (χ1n) is 5.99. The SMILES string of the molecule is COc1cc(C(=O)c2cc(OC)c(F)cc2Cl)c(Cl)cc1F. The Balaban J connectivity index is 2.57. The Bertz CT molecular complexity index is 687. The fourth-order valence-corrected chi connectivity index (χ4v) is 2.34. The van der Waals surface area contributed by atoms with Crippen LogP contribution in [0.1, 0.15) is 15.9 Å². The van der Waals surface area contributed by atoms with Crippen molar-refractivity contribution in [3.05, 3.63) is 57.1 Å². The molecule has 0 aliphatic rings. The molecule has 0 unspecified atom stereocenters. The van der Waals surface area contributed by atoms with Gasteiger partial charge >= 0.3 is 0 Å². The summed E-state index contributed by atoms with van der Waals surface area (Å²) in [5.41, 5.74) is -0.0362. The lowest BCUT2D eigenvalue weighted by Crippen LogP contribution is -2.06. The third-order valence-electron chi connectivity index (χ3n) is 2.97. The summed E-state index contributed by atoms with van der Waals surface area (Å²) >= 11 is 11.8. The Morgan fingerprint density at radius 1 is 0.864 bits per heavy atom. The van der Waals surface area contributed by atoms with Gasteiger partial charge in [0, 0.05) is 11.1 Å². The highest BCUT2D eigenvalue weighted by Crippen LogP contribution is 2.32. The Hall–Kier alpha value is -1.85. The number of hydrogen-bond acceptors (Lipinski definition) is 3. The van der Waals surface area contributed by atoms with Gasteiger partial charge in [0.1, 0.15) is 0 Å². The molecule has 7 heteroatoms. The summed E-state index contributed by atoms with van der Waals surface area (Å²) in [6.45, 7) is 0. The lowest BCUT2D eigenvalue weighted by molar-refractivity contribution is 0.103. The molecule has 0 heterocycles. The van der Waals surface area contributed by atoms with Crippen molar-refractivity contribution in [2.24, 2.45) is 0 Å². The summed E-state index contributed by atoms with van der Waals surface area (Å²) in [7, 11) is 2.52. The Kier molecular flexibility index (Phi) is 4.88. The second-order valence-corrected chi connectivity index (χ2v) is 5.08. The molecule has 0 aromatic heterocycles. The fraction of sp³-hybridized carbons (Fsp3) is 0.133. The van der Waals surface area contributed by atoms with Gasteiger partial charge in [0.15, 0.2) is 28.9 Å². The molecule has 22 heavy (non-hydrogen) atoms. The molecule has 0 saturated carbocycles. The molecule has 0 N–H and O–H groups in total. The summed E-state index contributed by atoms with van der Waals surface area (Å²) < 4.78 is 36.7. The molecular weight excluding hydrogens is 337 g/mol. The summed E-state index contributed by atoms with van der Waals surface area (Å²) in [5, 5.41) is -0.217. The van der Waals surface area contributed by atoms with Crippen LogP contribution in [0.5, 0.6) is 11.5 Å². The van der Waals surface area contributed by atoms with E-state index in [1.807, 2.05) is 0 Å². The molecular formula is C15H10Cl2F2O3. The van der Waals surface area contributed by atoms with Gasteiger partial charge in [0.25, 0.3) is 0 Å². The van der Waals surface area contributed by atoms with E-state index in [4.69, 9.17) is 32.7 Å². The van der Waals surface area contributed by atoms with Crippen molar-refractivity contribution in [2.45, 2.75) is 0 Å². The maximum Gasteiger partial charge on any atom is 0.196 e. The first-order chi connectivity index (χ1) is 10.4. The third-order valence-corrected chi connectivity index (χ3v) is 3.60. The zero-order valence-electron chi connectivity index (χ0n) is 11.5. The molecule has 0 radical (unpaired) electrons. The number of ketones is 1. The first kappa shape index (κ1) is 16.5. The average molecular weight is 347 g/mol. The number of ether oxygens (including phenoxy) is 2. The van der Waals surface area contributed by atoms with E-state index < -0.39 is 17.4 Å². The Morgan fingerprint density at radius 3 is 1.55 bits per heavy atom.